The predicted octanol–water partition coefficient (Wildman–Crippen LogP) is 5.89. The molecule has 1 aliphatic rings. The molecule has 218 valence electrons. The molecule has 2 amide bonds. The normalized spacial score (nSPS) is 12.7. The Hall–Kier alpha value is -4.30. The SMILES string of the molecule is COc1cnc(Cl)cc1-c1cc(C)ncc1C(=O)Nc1nc2c(s1)CN(C(=O)c1nc(C)c(OC(F)(F)F)cc1C)C2. The first-order chi connectivity index (χ1) is 19.8. The first-order valence-corrected chi connectivity index (χ1v) is 13.5. The van der Waals surface area contributed by atoms with Gasteiger partial charge in [-0.25, -0.2) is 15.0 Å². The topological polar surface area (TPSA) is 119 Å². The van der Waals surface area contributed by atoms with E-state index in [0.717, 1.165) is 10.9 Å². The third-order valence-corrected chi connectivity index (χ3v) is 7.58. The van der Waals surface area contributed by atoms with Gasteiger partial charge in [-0.05, 0) is 44.5 Å². The number of methoxy groups -OCH3 is 1. The van der Waals surface area contributed by atoms with Crippen LogP contribution in [0.15, 0.2) is 30.6 Å². The molecule has 1 aliphatic heterocycles. The smallest absolute Gasteiger partial charge is 0.494 e. The number of rotatable bonds is 6. The Kier molecular flexibility index (Phi) is 7.77. The highest BCUT2D eigenvalue weighted by atomic mass is 35.5. The highest BCUT2D eigenvalue weighted by Gasteiger charge is 2.34. The molecule has 0 radical (unpaired) electrons. The number of halogens is 4. The Bertz CT molecular complexity index is 1710. The van der Waals surface area contributed by atoms with E-state index in [1.54, 1.807) is 19.1 Å². The molecule has 0 aromatic carbocycles. The summed E-state index contributed by atoms with van der Waals surface area (Å²) in [6, 6.07) is 4.49. The molecular formula is C27H22ClF3N6O4S. The lowest BCUT2D eigenvalue weighted by Gasteiger charge is -2.18. The van der Waals surface area contributed by atoms with Gasteiger partial charge in [0.05, 0.1) is 48.2 Å². The van der Waals surface area contributed by atoms with Gasteiger partial charge in [-0.2, -0.15) is 0 Å². The molecular weight excluding hydrogens is 597 g/mol. The number of carbonyl (C=O) groups is 2. The van der Waals surface area contributed by atoms with Crippen molar-refractivity contribution in [3.63, 3.8) is 0 Å². The van der Waals surface area contributed by atoms with Crippen molar-refractivity contribution in [3.05, 3.63) is 74.5 Å². The largest absolute Gasteiger partial charge is 0.573 e. The Balaban J connectivity index is 1.33. The lowest BCUT2D eigenvalue weighted by Crippen LogP contribution is -2.28. The molecule has 4 aromatic rings. The molecule has 5 heterocycles. The number of nitrogens with zero attached hydrogens (tertiary/aromatic N) is 5. The number of hydrogen-bond donors (Lipinski definition) is 1. The number of amides is 2. The molecule has 0 atom stereocenters. The average Bonchev–Trinajstić information content (AvgIpc) is 3.48. The van der Waals surface area contributed by atoms with Gasteiger partial charge < -0.3 is 14.4 Å². The fourth-order valence-corrected chi connectivity index (χ4v) is 5.57. The summed E-state index contributed by atoms with van der Waals surface area (Å²) in [6.45, 7) is 4.97. The monoisotopic (exact) mass is 618 g/mol. The van der Waals surface area contributed by atoms with Crippen molar-refractivity contribution in [2.45, 2.75) is 40.2 Å². The van der Waals surface area contributed by atoms with Crippen LogP contribution >= 0.6 is 22.9 Å². The summed E-state index contributed by atoms with van der Waals surface area (Å²) in [6.07, 6.45) is -1.95. The van der Waals surface area contributed by atoms with Crippen LogP contribution in [0.2, 0.25) is 5.15 Å². The van der Waals surface area contributed by atoms with Gasteiger partial charge in [0.1, 0.15) is 16.6 Å². The second-order valence-electron chi connectivity index (χ2n) is 9.37. The zero-order valence-corrected chi connectivity index (χ0v) is 24.2. The van der Waals surface area contributed by atoms with E-state index in [2.05, 4.69) is 30.0 Å². The van der Waals surface area contributed by atoms with Gasteiger partial charge in [-0.3, -0.25) is 19.9 Å². The first kappa shape index (κ1) is 29.2. The van der Waals surface area contributed by atoms with Crippen LogP contribution < -0.4 is 14.8 Å². The van der Waals surface area contributed by atoms with Crippen molar-refractivity contribution in [2.75, 3.05) is 12.4 Å². The van der Waals surface area contributed by atoms with E-state index in [-0.39, 0.29) is 40.8 Å². The molecule has 10 nitrogen and oxygen atoms in total. The van der Waals surface area contributed by atoms with Crippen LogP contribution in [0.25, 0.3) is 11.1 Å². The first-order valence-electron chi connectivity index (χ1n) is 12.3. The average molecular weight is 619 g/mol. The quantitative estimate of drug-likeness (QED) is 0.266. The molecule has 0 saturated carbocycles. The highest BCUT2D eigenvalue weighted by Crippen LogP contribution is 2.36. The number of anilines is 1. The summed E-state index contributed by atoms with van der Waals surface area (Å²) in [5.74, 6) is -0.939. The maximum Gasteiger partial charge on any atom is 0.573 e. The third kappa shape index (κ3) is 5.99. The van der Waals surface area contributed by atoms with Crippen LogP contribution in [0, 0.1) is 20.8 Å². The van der Waals surface area contributed by atoms with Crippen LogP contribution in [0.4, 0.5) is 18.3 Å². The Morgan fingerprint density at radius 1 is 1.02 bits per heavy atom. The summed E-state index contributed by atoms with van der Waals surface area (Å²) in [4.78, 5) is 45.6. The summed E-state index contributed by atoms with van der Waals surface area (Å²) in [5, 5.41) is 3.37. The minimum atomic E-state index is -4.87. The van der Waals surface area contributed by atoms with Crippen LogP contribution in [0.5, 0.6) is 11.5 Å². The molecule has 0 bridgehead atoms. The zero-order valence-electron chi connectivity index (χ0n) is 22.6. The standard InChI is InChI=1S/C27H22ClF3N6O4S/c1-12-5-19(41-27(29,30)31)14(3)34-23(12)25(39)37-10-18-21(11-37)42-26(35-18)36-24(38)17-8-32-13(2)6-15(17)16-7-22(28)33-9-20(16)40-4/h5-9H,10-11H2,1-4H3,(H,35,36,38). The summed E-state index contributed by atoms with van der Waals surface area (Å²) >= 11 is 7.33. The molecule has 42 heavy (non-hydrogen) atoms. The lowest BCUT2D eigenvalue weighted by atomic mass is 10.0. The predicted molar refractivity (Wildman–Crippen MR) is 148 cm³/mol. The molecule has 0 fully saturated rings. The number of pyridine rings is 3. The van der Waals surface area contributed by atoms with Crippen LogP contribution in [-0.2, 0) is 13.1 Å². The van der Waals surface area contributed by atoms with E-state index in [1.165, 1.54) is 49.6 Å². The van der Waals surface area contributed by atoms with Gasteiger partial charge in [-0.1, -0.05) is 22.9 Å². The van der Waals surface area contributed by atoms with Crippen molar-refractivity contribution in [1.29, 1.82) is 0 Å². The molecule has 15 heteroatoms. The second-order valence-corrected chi connectivity index (χ2v) is 10.8. The van der Waals surface area contributed by atoms with Gasteiger partial charge >= 0.3 is 6.36 Å². The molecule has 0 spiro atoms. The van der Waals surface area contributed by atoms with Gasteiger partial charge in [0.2, 0.25) is 0 Å². The van der Waals surface area contributed by atoms with Gasteiger partial charge in [0.25, 0.3) is 11.8 Å². The third-order valence-electron chi connectivity index (χ3n) is 6.38. The number of fused-ring (bicyclic) bond motifs is 1. The van der Waals surface area contributed by atoms with Gasteiger partial charge in [0, 0.05) is 23.0 Å². The van der Waals surface area contributed by atoms with Crippen molar-refractivity contribution in [1.82, 2.24) is 24.8 Å². The number of thiazole rings is 1. The fourth-order valence-electron chi connectivity index (χ4n) is 4.43. The number of aryl methyl sites for hydroxylation is 3. The van der Waals surface area contributed by atoms with Crippen molar-refractivity contribution >= 4 is 39.9 Å². The highest BCUT2D eigenvalue weighted by molar-refractivity contribution is 7.16. The number of carbonyl (C=O) groups excluding carboxylic acids is 2. The lowest BCUT2D eigenvalue weighted by molar-refractivity contribution is -0.275. The Labute approximate surface area is 246 Å². The van der Waals surface area contributed by atoms with Crippen LogP contribution in [0.3, 0.4) is 0 Å². The van der Waals surface area contributed by atoms with Gasteiger partial charge in [-0.15, -0.1) is 13.2 Å². The number of hydrogen-bond acceptors (Lipinski definition) is 9. The van der Waals surface area contributed by atoms with E-state index >= 15 is 0 Å². The number of aromatic nitrogens is 4. The van der Waals surface area contributed by atoms with Crippen molar-refractivity contribution in [3.8, 4) is 22.6 Å². The zero-order chi connectivity index (χ0) is 30.3. The molecule has 5 rings (SSSR count). The van der Waals surface area contributed by atoms with E-state index < -0.39 is 23.9 Å². The molecule has 4 aromatic heterocycles. The molecule has 0 unspecified atom stereocenters. The van der Waals surface area contributed by atoms with Crippen molar-refractivity contribution in [2.24, 2.45) is 0 Å². The number of nitrogens with one attached hydrogen (secondary N) is 1. The van der Waals surface area contributed by atoms with E-state index in [1.807, 2.05) is 0 Å². The minimum absolute atomic E-state index is 0.0248. The molecule has 1 N–H and O–H groups in total. The van der Waals surface area contributed by atoms with Gasteiger partial charge in [0.15, 0.2) is 10.9 Å². The Morgan fingerprint density at radius 3 is 2.48 bits per heavy atom. The summed E-state index contributed by atoms with van der Waals surface area (Å²) in [7, 11) is 1.49. The van der Waals surface area contributed by atoms with E-state index in [4.69, 9.17) is 16.3 Å². The Morgan fingerprint density at radius 2 is 1.79 bits per heavy atom. The van der Waals surface area contributed by atoms with E-state index in [9.17, 15) is 22.8 Å². The summed E-state index contributed by atoms with van der Waals surface area (Å²) < 4.78 is 47.4. The van der Waals surface area contributed by atoms with Crippen molar-refractivity contribution < 1.29 is 32.2 Å². The maximum absolute atomic E-state index is 13.3. The fraction of sp³-hybridized carbons (Fsp3) is 0.259. The summed E-state index contributed by atoms with van der Waals surface area (Å²) in [5.41, 5.74) is 2.87. The maximum atomic E-state index is 13.3. The molecule has 0 aliphatic carbocycles. The number of alkyl halides is 3. The minimum Gasteiger partial charge on any atom is -0.494 e. The second kappa shape index (κ2) is 11.2. The van der Waals surface area contributed by atoms with Crippen LogP contribution in [-0.4, -0.2) is 50.1 Å². The molecule has 0 saturated heterocycles. The van der Waals surface area contributed by atoms with Crippen LogP contribution in [0.1, 0.15) is 48.4 Å². The van der Waals surface area contributed by atoms with E-state index in [0.29, 0.717) is 33.4 Å². The number of ether oxygens (including phenoxy) is 2.